The first-order valence-corrected chi connectivity index (χ1v) is 7.93. The number of nitrogen functional groups attached to an aromatic ring is 1. The lowest BCUT2D eigenvalue weighted by atomic mass is 9.84. The van der Waals surface area contributed by atoms with E-state index in [2.05, 4.69) is 9.98 Å². The maximum absolute atomic E-state index is 13.2. The van der Waals surface area contributed by atoms with Crippen LogP contribution in [0.15, 0.2) is 16.6 Å². The third-order valence-corrected chi connectivity index (χ3v) is 5.10. The molecule has 0 amide bonds. The first kappa shape index (κ1) is 15.3. The average molecular weight is 330 g/mol. The van der Waals surface area contributed by atoms with E-state index in [0.29, 0.717) is 29.6 Å². The summed E-state index contributed by atoms with van der Waals surface area (Å²) in [6.45, 7) is 4.15. The number of hydrogen-bond donors (Lipinski definition) is 1. The SMILES string of the molecule is CC1(C)C(c2nc(N)cs2)=CN=C1N1CCC[C@@H]1C(F)(F)F. The van der Waals surface area contributed by atoms with Gasteiger partial charge in [-0.15, -0.1) is 11.3 Å². The molecule has 1 atom stereocenters. The van der Waals surface area contributed by atoms with E-state index >= 15 is 0 Å². The number of aromatic nitrogens is 1. The normalized spacial score (nSPS) is 24.6. The Morgan fingerprint density at radius 1 is 1.41 bits per heavy atom. The second-order valence-corrected chi connectivity index (χ2v) is 6.95. The van der Waals surface area contributed by atoms with Crippen LogP contribution >= 0.6 is 11.3 Å². The Bertz CT molecular complexity index is 645. The fourth-order valence-corrected chi connectivity index (χ4v) is 3.97. The number of nitrogens with two attached hydrogens (primary N) is 1. The second-order valence-electron chi connectivity index (χ2n) is 6.09. The van der Waals surface area contributed by atoms with Crippen molar-refractivity contribution < 1.29 is 13.2 Å². The van der Waals surface area contributed by atoms with E-state index in [1.165, 1.54) is 16.2 Å². The number of hydrogen-bond acceptors (Lipinski definition) is 5. The van der Waals surface area contributed by atoms with Crippen LogP contribution in [-0.2, 0) is 0 Å². The topological polar surface area (TPSA) is 54.5 Å². The molecular formula is C14H17F3N4S. The number of halogens is 3. The lowest BCUT2D eigenvalue weighted by molar-refractivity contribution is -0.167. The summed E-state index contributed by atoms with van der Waals surface area (Å²) in [6.07, 6.45) is -1.96. The van der Waals surface area contributed by atoms with Crippen molar-refractivity contribution in [1.82, 2.24) is 9.88 Å². The molecule has 0 unspecified atom stereocenters. The maximum atomic E-state index is 13.2. The number of likely N-dealkylation sites (tertiary alicyclic amines) is 1. The molecule has 0 bridgehead atoms. The predicted molar refractivity (Wildman–Crippen MR) is 81.5 cm³/mol. The van der Waals surface area contributed by atoms with Crippen molar-refractivity contribution in [2.45, 2.75) is 38.9 Å². The number of anilines is 1. The van der Waals surface area contributed by atoms with E-state index in [1.807, 2.05) is 13.8 Å². The van der Waals surface area contributed by atoms with Gasteiger partial charge in [0.05, 0.1) is 5.41 Å². The molecule has 4 nitrogen and oxygen atoms in total. The summed E-state index contributed by atoms with van der Waals surface area (Å²) in [5, 5.41) is 2.43. The number of alkyl halides is 3. The smallest absolute Gasteiger partial charge is 0.383 e. The standard InChI is InChI=1S/C14H17F3N4S/c1-13(2)8(11-20-10(18)7-22-11)6-19-12(13)21-5-3-4-9(21)14(15,16)17/h6-7,9H,3-5,18H2,1-2H3/t9-/m1/s1. The van der Waals surface area contributed by atoms with Gasteiger partial charge < -0.3 is 10.6 Å². The molecule has 1 fully saturated rings. The molecule has 0 saturated carbocycles. The molecule has 120 valence electrons. The van der Waals surface area contributed by atoms with E-state index in [9.17, 15) is 13.2 Å². The quantitative estimate of drug-likeness (QED) is 0.857. The number of aliphatic imine (C=N–C) groups is 1. The van der Waals surface area contributed by atoms with Crippen LogP contribution in [-0.4, -0.2) is 34.5 Å². The summed E-state index contributed by atoms with van der Waals surface area (Å²) >= 11 is 1.38. The Balaban J connectivity index is 1.89. The summed E-state index contributed by atoms with van der Waals surface area (Å²) in [4.78, 5) is 9.94. The fourth-order valence-electron chi connectivity index (χ4n) is 3.10. The van der Waals surface area contributed by atoms with Crippen molar-refractivity contribution >= 4 is 28.6 Å². The van der Waals surface area contributed by atoms with Crippen LogP contribution in [0, 0.1) is 5.41 Å². The summed E-state index contributed by atoms with van der Waals surface area (Å²) in [6, 6.07) is -1.44. The largest absolute Gasteiger partial charge is 0.408 e. The molecule has 2 aliphatic rings. The van der Waals surface area contributed by atoms with Gasteiger partial charge in [-0.25, -0.2) is 9.98 Å². The fraction of sp³-hybridized carbons (Fsp3) is 0.571. The molecule has 3 rings (SSSR count). The van der Waals surface area contributed by atoms with Crippen LogP contribution in [0.25, 0.3) is 5.57 Å². The number of rotatable bonds is 1. The lowest BCUT2D eigenvalue weighted by Gasteiger charge is -2.35. The molecule has 2 N–H and O–H groups in total. The molecule has 1 aromatic heterocycles. The molecule has 1 saturated heterocycles. The minimum absolute atomic E-state index is 0.123. The van der Waals surface area contributed by atoms with Crippen molar-refractivity contribution in [3.63, 3.8) is 0 Å². The monoisotopic (exact) mass is 330 g/mol. The summed E-state index contributed by atoms with van der Waals surface area (Å²) in [5.74, 6) is 0.885. The van der Waals surface area contributed by atoms with Gasteiger partial charge in [0.15, 0.2) is 0 Å². The van der Waals surface area contributed by atoms with Crippen molar-refractivity contribution in [2.24, 2.45) is 10.4 Å². The van der Waals surface area contributed by atoms with Gasteiger partial charge in [-0.3, -0.25) is 0 Å². The van der Waals surface area contributed by atoms with Gasteiger partial charge in [0, 0.05) is 23.7 Å². The predicted octanol–water partition coefficient (Wildman–Crippen LogP) is 3.53. The highest BCUT2D eigenvalue weighted by atomic mass is 32.1. The molecule has 3 heterocycles. The lowest BCUT2D eigenvalue weighted by Crippen LogP contribution is -2.48. The van der Waals surface area contributed by atoms with Crippen LogP contribution in [0.4, 0.5) is 19.0 Å². The van der Waals surface area contributed by atoms with E-state index in [-0.39, 0.29) is 6.42 Å². The van der Waals surface area contributed by atoms with Gasteiger partial charge in [-0.05, 0) is 26.7 Å². The summed E-state index contributed by atoms with van der Waals surface area (Å²) in [7, 11) is 0. The second kappa shape index (κ2) is 4.97. The Labute approximate surface area is 130 Å². The number of amidine groups is 1. The zero-order chi connectivity index (χ0) is 16.1. The average Bonchev–Trinajstić information content (AvgIpc) is 3.06. The third kappa shape index (κ3) is 2.39. The highest BCUT2D eigenvalue weighted by Crippen LogP contribution is 2.45. The van der Waals surface area contributed by atoms with Crippen LogP contribution in [0.1, 0.15) is 31.7 Å². The Kier molecular flexibility index (Phi) is 3.47. The van der Waals surface area contributed by atoms with Gasteiger partial charge >= 0.3 is 6.18 Å². The van der Waals surface area contributed by atoms with Crippen molar-refractivity contribution in [1.29, 1.82) is 0 Å². The zero-order valence-corrected chi connectivity index (χ0v) is 13.1. The highest BCUT2D eigenvalue weighted by Gasteiger charge is 2.50. The van der Waals surface area contributed by atoms with Gasteiger partial charge in [0.25, 0.3) is 0 Å². The van der Waals surface area contributed by atoms with Gasteiger partial charge in [-0.2, -0.15) is 13.2 Å². The first-order valence-electron chi connectivity index (χ1n) is 7.05. The molecule has 22 heavy (non-hydrogen) atoms. The van der Waals surface area contributed by atoms with E-state index in [0.717, 1.165) is 5.57 Å². The highest BCUT2D eigenvalue weighted by molar-refractivity contribution is 7.11. The minimum Gasteiger partial charge on any atom is -0.383 e. The van der Waals surface area contributed by atoms with Gasteiger partial charge in [-0.1, -0.05) is 0 Å². The van der Waals surface area contributed by atoms with Crippen molar-refractivity contribution in [3.05, 3.63) is 16.6 Å². The number of nitrogens with zero attached hydrogens (tertiary/aromatic N) is 3. The molecular weight excluding hydrogens is 313 g/mol. The molecule has 8 heteroatoms. The summed E-state index contributed by atoms with van der Waals surface area (Å²) in [5.41, 5.74) is 5.85. The zero-order valence-electron chi connectivity index (χ0n) is 12.3. The molecule has 2 aliphatic heterocycles. The molecule has 0 radical (unpaired) electrons. The summed E-state index contributed by atoms with van der Waals surface area (Å²) < 4.78 is 39.6. The minimum atomic E-state index is -4.23. The molecule has 0 aromatic carbocycles. The van der Waals surface area contributed by atoms with E-state index in [1.54, 1.807) is 11.6 Å². The molecule has 0 spiro atoms. The van der Waals surface area contributed by atoms with Crippen molar-refractivity contribution in [3.8, 4) is 0 Å². The van der Waals surface area contributed by atoms with Crippen molar-refractivity contribution in [2.75, 3.05) is 12.3 Å². The Morgan fingerprint density at radius 3 is 2.73 bits per heavy atom. The Morgan fingerprint density at radius 2 is 2.14 bits per heavy atom. The number of thiazole rings is 1. The van der Waals surface area contributed by atoms with E-state index in [4.69, 9.17) is 5.73 Å². The van der Waals surface area contributed by atoms with Gasteiger partial charge in [0.2, 0.25) is 0 Å². The van der Waals surface area contributed by atoms with E-state index < -0.39 is 17.6 Å². The first-order chi connectivity index (χ1) is 10.2. The van der Waals surface area contributed by atoms with Crippen LogP contribution in [0.2, 0.25) is 0 Å². The van der Waals surface area contributed by atoms with Crippen LogP contribution in [0.5, 0.6) is 0 Å². The van der Waals surface area contributed by atoms with Gasteiger partial charge in [0.1, 0.15) is 22.7 Å². The van der Waals surface area contributed by atoms with Crippen LogP contribution < -0.4 is 5.73 Å². The maximum Gasteiger partial charge on any atom is 0.408 e. The molecule has 1 aromatic rings. The van der Waals surface area contributed by atoms with Crippen LogP contribution in [0.3, 0.4) is 0 Å². The molecule has 0 aliphatic carbocycles. The third-order valence-electron chi connectivity index (χ3n) is 4.20. The Hall–Kier alpha value is -1.57.